The Kier molecular flexibility index (Phi) is 2.72. The number of hydrogen-bond acceptors (Lipinski definition) is 2. The van der Waals surface area contributed by atoms with Crippen molar-refractivity contribution in [1.82, 2.24) is 4.90 Å². The Labute approximate surface area is 70.2 Å². The molecule has 1 nitrogen and oxygen atoms in total. The van der Waals surface area contributed by atoms with Crippen molar-refractivity contribution in [3.63, 3.8) is 0 Å². The minimum Gasteiger partial charge on any atom is -0.289 e. The van der Waals surface area contributed by atoms with Crippen molar-refractivity contribution < 1.29 is 0 Å². The second-order valence-electron chi connectivity index (χ2n) is 2.31. The van der Waals surface area contributed by atoms with E-state index in [0.717, 1.165) is 0 Å². The molecule has 0 bridgehead atoms. The summed E-state index contributed by atoms with van der Waals surface area (Å²) in [6.07, 6.45) is 0. The van der Waals surface area contributed by atoms with Crippen LogP contribution < -0.4 is 0 Å². The highest BCUT2D eigenvalue weighted by Gasteiger charge is 2.09. The molecule has 1 heterocycles. The fourth-order valence-electron chi connectivity index (χ4n) is 0.681. The van der Waals surface area contributed by atoms with Gasteiger partial charge in [0.15, 0.2) is 0 Å². The maximum absolute atomic E-state index is 6.02. The van der Waals surface area contributed by atoms with Crippen LogP contribution in [-0.2, 0) is 0 Å². The topological polar surface area (TPSA) is 3.24 Å². The average molecular weight is 176 g/mol. The van der Waals surface area contributed by atoms with Gasteiger partial charge in [-0.15, -0.1) is 11.3 Å². The first-order chi connectivity index (χ1) is 4.72. The Morgan fingerprint density at radius 3 is 2.70 bits per heavy atom. The Balaban J connectivity index is 2.68. The number of thiophene rings is 1. The highest BCUT2D eigenvalue weighted by atomic mass is 35.5. The normalized spacial score (nSPS) is 14.0. The van der Waals surface area contributed by atoms with E-state index >= 15 is 0 Å². The molecule has 0 radical (unpaired) electrons. The van der Waals surface area contributed by atoms with E-state index in [4.69, 9.17) is 11.6 Å². The molecule has 1 rings (SSSR count). The van der Waals surface area contributed by atoms with E-state index in [9.17, 15) is 0 Å². The molecule has 0 aliphatic carbocycles. The lowest BCUT2D eigenvalue weighted by molar-refractivity contribution is 0.389. The van der Waals surface area contributed by atoms with Crippen molar-refractivity contribution >= 4 is 22.9 Å². The van der Waals surface area contributed by atoms with E-state index in [1.165, 1.54) is 4.88 Å². The second kappa shape index (κ2) is 3.37. The van der Waals surface area contributed by atoms with Gasteiger partial charge in [0.2, 0.25) is 0 Å². The molecule has 1 aromatic heterocycles. The summed E-state index contributed by atoms with van der Waals surface area (Å²) in [7, 11) is 3.94. The van der Waals surface area contributed by atoms with Gasteiger partial charge in [0, 0.05) is 4.88 Å². The van der Waals surface area contributed by atoms with Gasteiger partial charge in [0.05, 0.1) is 0 Å². The third kappa shape index (κ3) is 1.72. The molecule has 0 amide bonds. The van der Waals surface area contributed by atoms with Crippen molar-refractivity contribution in [3.05, 3.63) is 22.4 Å². The van der Waals surface area contributed by atoms with Crippen molar-refractivity contribution in [2.45, 2.75) is 5.50 Å². The lowest BCUT2D eigenvalue weighted by atomic mass is 10.4. The van der Waals surface area contributed by atoms with Crippen LogP contribution in [0.15, 0.2) is 17.5 Å². The summed E-state index contributed by atoms with van der Waals surface area (Å²) in [5, 5.41) is 2.04. The Morgan fingerprint density at radius 1 is 1.60 bits per heavy atom. The largest absolute Gasteiger partial charge is 0.289 e. The summed E-state index contributed by atoms with van der Waals surface area (Å²) in [6, 6.07) is 4.06. The maximum Gasteiger partial charge on any atom is 0.119 e. The van der Waals surface area contributed by atoms with E-state index < -0.39 is 0 Å². The quantitative estimate of drug-likeness (QED) is 0.493. The molecule has 1 aromatic rings. The molecule has 1 unspecified atom stereocenters. The Hall–Kier alpha value is -0.0500. The molecule has 56 valence electrons. The summed E-state index contributed by atoms with van der Waals surface area (Å²) < 4.78 is 0. The zero-order valence-electron chi connectivity index (χ0n) is 6.04. The van der Waals surface area contributed by atoms with Crippen LogP contribution in [0.3, 0.4) is 0 Å². The molecule has 10 heavy (non-hydrogen) atoms. The molecule has 0 saturated carbocycles. The number of rotatable bonds is 2. The van der Waals surface area contributed by atoms with Crippen LogP contribution in [0.4, 0.5) is 0 Å². The summed E-state index contributed by atoms with van der Waals surface area (Å²) in [5.74, 6) is 0. The molecule has 1 atom stereocenters. The van der Waals surface area contributed by atoms with Gasteiger partial charge >= 0.3 is 0 Å². The Morgan fingerprint density at radius 2 is 2.30 bits per heavy atom. The van der Waals surface area contributed by atoms with Gasteiger partial charge < -0.3 is 0 Å². The van der Waals surface area contributed by atoms with Crippen LogP contribution >= 0.6 is 22.9 Å². The minimum atomic E-state index is 0.0278. The summed E-state index contributed by atoms with van der Waals surface area (Å²) >= 11 is 7.70. The SMILES string of the molecule is CN(C)C(Cl)c1cccs1. The van der Waals surface area contributed by atoms with Gasteiger partial charge in [-0.1, -0.05) is 17.7 Å². The molecule has 0 spiro atoms. The first-order valence-electron chi connectivity index (χ1n) is 3.05. The van der Waals surface area contributed by atoms with E-state index in [1.807, 2.05) is 36.5 Å². The fraction of sp³-hybridized carbons (Fsp3) is 0.429. The van der Waals surface area contributed by atoms with Crippen LogP contribution in [-0.4, -0.2) is 19.0 Å². The highest BCUT2D eigenvalue weighted by molar-refractivity contribution is 7.10. The monoisotopic (exact) mass is 175 g/mol. The lowest BCUT2D eigenvalue weighted by Crippen LogP contribution is -2.13. The smallest absolute Gasteiger partial charge is 0.119 e. The van der Waals surface area contributed by atoms with E-state index in [-0.39, 0.29) is 5.50 Å². The predicted molar refractivity (Wildman–Crippen MR) is 46.6 cm³/mol. The number of alkyl halides is 1. The maximum atomic E-state index is 6.02. The van der Waals surface area contributed by atoms with Crippen LogP contribution in [0.1, 0.15) is 10.4 Å². The van der Waals surface area contributed by atoms with Crippen LogP contribution in [0.2, 0.25) is 0 Å². The Bertz CT molecular complexity index is 183. The minimum absolute atomic E-state index is 0.0278. The van der Waals surface area contributed by atoms with Crippen LogP contribution in [0.5, 0.6) is 0 Å². The van der Waals surface area contributed by atoms with Crippen LogP contribution in [0.25, 0.3) is 0 Å². The molecule has 0 N–H and O–H groups in total. The van der Waals surface area contributed by atoms with Gasteiger partial charge in [-0.25, -0.2) is 0 Å². The van der Waals surface area contributed by atoms with E-state index in [0.29, 0.717) is 0 Å². The van der Waals surface area contributed by atoms with Gasteiger partial charge in [-0.2, -0.15) is 0 Å². The number of halogens is 1. The highest BCUT2D eigenvalue weighted by Crippen LogP contribution is 2.25. The van der Waals surface area contributed by atoms with Gasteiger partial charge in [-0.05, 0) is 25.5 Å². The second-order valence-corrected chi connectivity index (χ2v) is 3.71. The third-order valence-corrected chi connectivity index (χ3v) is 2.91. The fourth-order valence-corrected chi connectivity index (χ4v) is 1.70. The average Bonchev–Trinajstić information content (AvgIpc) is 2.36. The lowest BCUT2D eigenvalue weighted by Gasteiger charge is -2.14. The van der Waals surface area contributed by atoms with Gasteiger partial charge in [-0.3, -0.25) is 4.90 Å². The standard InChI is InChI=1S/C7H10ClNS/c1-9(2)7(8)6-4-3-5-10-6/h3-5,7H,1-2H3. The van der Waals surface area contributed by atoms with E-state index in [1.54, 1.807) is 11.3 Å². The van der Waals surface area contributed by atoms with Crippen molar-refractivity contribution in [1.29, 1.82) is 0 Å². The molecule has 0 aliphatic rings. The summed E-state index contributed by atoms with van der Waals surface area (Å²) in [5.41, 5.74) is 0.0278. The predicted octanol–water partition coefficient (Wildman–Crippen LogP) is 2.55. The molecular formula is C7H10ClNS. The van der Waals surface area contributed by atoms with Crippen LogP contribution in [0, 0.1) is 0 Å². The first kappa shape index (κ1) is 8.05. The van der Waals surface area contributed by atoms with Crippen molar-refractivity contribution in [2.24, 2.45) is 0 Å². The van der Waals surface area contributed by atoms with Crippen molar-refractivity contribution in [3.8, 4) is 0 Å². The third-order valence-electron chi connectivity index (χ3n) is 1.23. The number of nitrogens with zero attached hydrogens (tertiary/aromatic N) is 1. The molecular weight excluding hydrogens is 166 g/mol. The zero-order chi connectivity index (χ0) is 7.56. The van der Waals surface area contributed by atoms with Gasteiger partial charge in [0.1, 0.15) is 5.50 Å². The van der Waals surface area contributed by atoms with Gasteiger partial charge in [0.25, 0.3) is 0 Å². The molecule has 0 aromatic carbocycles. The molecule has 3 heteroatoms. The molecule has 0 aliphatic heterocycles. The van der Waals surface area contributed by atoms with Crippen molar-refractivity contribution in [2.75, 3.05) is 14.1 Å². The molecule has 0 saturated heterocycles. The van der Waals surface area contributed by atoms with E-state index in [2.05, 4.69) is 0 Å². The number of hydrogen-bond donors (Lipinski definition) is 0. The first-order valence-corrected chi connectivity index (χ1v) is 4.37. The summed E-state index contributed by atoms with van der Waals surface area (Å²) in [6.45, 7) is 0. The molecule has 0 fully saturated rings. The summed E-state index contributed by atoms with van der Waals surface area (Å²) in [4.78, 5) is 3.18. The zero-order valence-corrected chi connectivity index (χ0v) is 7.62.